The lowest BCUT2D eigenvalue weighted by Gasteiger charge is -2.19. The van der Waals surface area contributed by atoms with Crippen molar-refractivity contribution < 1.29 is 9.18 Å². The lowest BCUT2D eigenvalue weighted by molar-refractivity contribution is 0.0775. The number of carbonyl (C=O) groups excluding carboxylic acids is 1. The van der Waals surface area contributed by atoms with Gasteiger partial charge in [-0.3, -0.25) is 4.79 Å². The molecular weight excluding hydrogens is 287 g/mol. The van der Waals surface area contributed by atoms with Gasteiger partial charge in [0.1, 0.15) is 10.7 Å². The minimum absolute atomic E-state index is 0.154. The third-order valence-electron chi connectivity index (χ3n) is 3.63. The van der Waals surface area contributed by atoms with Crippen molar-refractivity contribution >= 4 is 33.0 Å². The maximum Gasteiger partial charge on any atom is 0.266 e. The normalized spacial score (nSPS) is 14.1. The molecule has 1 heterocycles. The van der Waals surface area contributed by atoms with E-state index in [2.05, 4.69) is 5.92 Å². The second kappa shape index (κ2) is 5.38. The lowest BCUT2D eigenvalue weighted by Crippen LogP contribution is -2.33. The van der Waals surface area contributed by atoms with Crippen LogP contribution in [0, 0.1) is 24.1 Å². The first-order chi connectivity index (χ1) is 10.1. The summed E-state index contributed by atoms with van der Waals surface area (Å²) in [5.41, 5.74) is 6.38. The summed E-state index contributed by atoms with van der Waals surface area (Å²) in [6, 6.07) is 4.38. The average molecular weight is 302 g/mol. The molecule has 3 nitrogen and oxygen atoms in total. The van der Waals surface area contributed by atoms with E-state index < -0.39 is 0 Å². The molecule has 1 saturated carbocycles. The second-order valence-corrected chi connectivity index (χ2v) is 6.37. The molecular formula is C16H15FN2OS. The minimum Gasteiger partial charge on any atom is -0.397 e. The smallest absolute Gasteiger partial charge is 0.266 e. The highest BCUT2D eigenvalue weighted by molar-refractivity contribution is 7.21. The molecule has 21 heavy (non-hydrogen) atoms. The molecule has 0 bridgehead atoms. The first kappa shape index (κ1) is 13.9. The van der Waals surface area contributed by atoms with Crippen LogP contribution in [0.25, 0.3) is 10.1 Å². The Hall–Kier alpha value is -2.06. The summed E-state index contributed by atoms with van der Waals surface area (Å²) in [7, 11) is 0. The molecule has 0 unspecified atom stereocenters. The van der Waals surface area contributed by atoms with Crippen molar-refractivity contribution in [2.75, 3.05) is 18.8 Å². The number of rotatable bonds is 4. The van der Waals surface area contributed by atoms with E-state index >= 15 is 0 Å². The molecule has 5 heteroatoms. The Kier molecular flexibility index (Phi) is 3.56. The second-order valence-electron chi connectivity index (χ2n) is 5.32. The first-order valence-electron chi connectivity index (χ1n) is 6.80. The molecule has 3 rings (SSSR count). The van der Waals surface area contributed by atoms with Crippen molar-refractivity contribution in [1.82, 2.24) is 4.90 Å². The van der Waals surface area contributed by atoms with E-state index in [1.807, 2.05) is 0 Å². The zero-order valence-corrected chi connectivity index (χ0v) is 12.3. The standard InChI is InChI=1S/C16H15FN2OS/c1-2-7-19(9-10-3-4-10)16(20)15-14(18)12-8-11(17)5-6-13(12)21-15/h1,5-6,8,10H,3-4,7,9,18H2. The van der Waals surface area contributed by atoms with Gasteiger partial charge in [-0.05, 0) is 37.0 Å². The maximum absolute atomic E-state index is 13.3. The van der Waals surface area contributed by atoms with Crippen LogP contribution in [0.1, 0.15) is 22.5 Å². The van der Waals surface area contributed by atoms with E-state index in [9.17, 15) is 9.18 Å². The molecule has 0 atom stereocenters. The summed E-state index contributed by atoms with van der Waals surface area (Å²) in [5, 5.41) is 0.593. The van der Waals surface area contributed by atoms with E-state index in [4.69, 9.17) is 12.2 Å². The van der Waals surface area contributed by atoms with Crippen LogP contribution in [0.2, 0.25) is 0 Å². The monoisotopic (exact) mass is 302 g/mol. The molecule has 0 spiro atoms. The number of anilines is 1. The van der Waals surface area contributed by atoms with Crippen LogP contribution < -0.4 is 5.73 Å². The third kappa shape index (κ3) is 2.72. The predicted molar refractivity (Wildman–Crippen MR) is 83.7 cm³/mol. The first-order valence-corrected chi connectivity index (χ1v) is 7.62. The molecule has 0 saturated heterocycles. The van der Waals surface area contributed by atoms with Gasteiger partial charge in [0, 0.05) is 16.6 Å². The van der Waals surface area contributed by atoms with Crippen molar-refractivity contribution in [1.29, 1.82) is 0 Å². The largest absolute Gasteiger partial charge is 0.397 e. The number of nitrogens with two attached hydrogens (primary N) is 1. The van der Waals surface area contributed by atoms with Gasteiger partial charge < -0.3 is 10.6 Å². The van der Waals surface area contributed by atoms with Gasteiger partial charge in [-0.2, -0.15) is 0 Å². The summed E-state index contributed by atoms with van der Waals surface area (Å²) in [4.78, 5) is 14.8. The van der Waals surface area contributed by atoms with Crippen molar-refractivity contribution in [3.63, 3.8) is 0 Å². The molecule has 2 aromatic rings. The van der Waals surface area contributed by atoms with Crippen LogP contribution in [0.15, 0.2) is 18.2 Å². The fourth-order valence-corrected chi connectivity index (χ4v) is 3.40. The van der Waals surface area contributed by atoms with E-state index in [-0.39, 0.29) is 18.3 Å². The molecule has 108 valence electrons. The number of fused-ring (bicyclic) bond motifs is 1. The molecule has 1 aromatic carbocycles. The number of nitrogens with zero attached hydrogens (tertiary/aromatic N) is 1. The zero-order valence-electron chi connectivity index (χ0n) is 11.4. The third-order valence-corrected chi connectivity index (χ3v) is 4.80. The Morgan fingerprint density at radius 2 is 2.29 bits per heavy atom. The van der Waals surface area contributed by atoms with Crippen molar-refractivity contribution in [3.05, 3.63) is 28.9 Å². The summed E-state index contributed by atoms with van der Waals surface area (Å²) in [6.45, 7) is 0.947. The molecule has 1 aromatic heterocycles. The van der Waals surface area contributed by atoms with Crippen molar-refractivity contribution in [3.8, 4) is 12.3 Å². The summed E-state index contributed by atoms with van der Waals surface area (Å²) in [5.74, 6) is 2.56. The van der Waals surface area contributed by atoms with Gasteiger partial charge in [0.25, 0.3) is 5.91 Å². The highest BCUT2D eigenvalue weighted by Crippen LogP contribution is 2.36. The fraction of sp³-hybridized carbons (Fsp3) is 0.312. The Labute approximate surface area is 126 Å². The van der Waals surface area contributed by atoms with Crippen LogP contribution >= 0.6 is 11.3 Å². The van der Waals surface area contributed by atoms with Crippen molar-refractivity contribution in [2.24, 2.45) is 5.92 Å². The maximum atomic E-state index is 13.3. The Bertz CT molecular complexity index is 743. The highest BCUT2D eigenvalue weighted by atomic mass is 32.1. The Morgan fingerprint density at radius 1 is 1.52 bits per heavy atom. The van der Waals surface area contributed by atoms with E-state index in [0.29, 0.717) is 28.4 Å². The van der Waals surface area contributed by atoms with E-state index in [1.165, 1.54) is 23.5 Å². The van der Waals surface area contributed by atoms with Gasteiger partial charge in [-0.1, -0.05) is 5.92 Å². The Morgan fingerprint density at radius 3 is 2.95 bits per heavy atom. The van der Waals surface area contributed by atoms with Gasteiger partial charge in [0.05, 0.1) is 12.2 Å². The van der Waals surface area contributed by atoms with Crippen LogP contribution in [0.4, 0.5) is 10.1 Å². The van der Waals surface area contributed by atoms with Crippen LogP contribution in [-0.4, -0.2) is 23.9 Å². The summed E-state index contributed by atoms with van der Waals surface area (Å²) in [6.07, 6.45) is 7.63. The number of terminal acetylenes is 1. The number of halogens is 1. The highest BCUT2D eigenvalue weighted by Gasteiger charge is 2.28. The van der Waals surface area contributed by atoms with Crippen LogP contribution in [0.5, 0.6) is 0 Å². The fourth-order valence-electron chi connectivity index (χ4n) is 2.33. The van der Waals surface area contributed by atoms with E-state index in [0.717, 1.165) is 17.5 Å². The van der Waals surface area contributed by atoms with Gasteiger partial charge in [0.15, 0.2) is 0 Å². The zero-order chi connectivity index (χ0) is 15.0. The van der Waals surface area contributed by atoms with Crippen LogP contribution in [-0.2, 0) is 0 Å². The van der Waals surface area contributed by atoms with Gasteiger partial charge in [0.2, 0.25) is 0 Å². The number of thiophene rings is 1. The number of hydrogen-bond donors (Lipinski definition) is 1. The van der Waals surface area contributed by atoms with Gasteiger partial charge in [-0.15, -0.1) is 17.8 Å². The topological polar surface area (TPSA) is 46.3 Å². The number of nitrogen functional groups attached to an aromatic ring is 1. The molecule has 2 N–H and O–H groups in total. The molecule has 0 aliphatic heterocycles. The van der Waals surface area contributed by atoms with Crippen molar-refractivity contribution in [2.45, 2.75) is 12.8 Å². The molecule has 1 aliphatic rings. The number of amides is 1. The van der Waals surface area contributed by atoms with Crippen LogP contribution in [0.3, 0.4) is 0 Å². The quantitative estimate of drug-likeness (QED) is 0.882. The molecule has 0 radical (unpaired) electrons. The molecule has 1 aliphatic carbocycles. The predicted octanol–water partition coefficient (Wildman–Crippen LogP) is 3.11. The number of benzene rings is 1. The molecule has 1 fully saturated rings. The van der Waals surface area contributed by atoms with Gasteiger partial charge >= 0.3 is 0 Å². The number of hydrogen-bond acceptors (Lipinski definition) is 3. The Balaban J connectivity index is 1.95. The molecule has 1 amide bonds. The number of carbonyl (C=O) groups is 1. The average Bonchev–Trinajstić information content (AvgIpc) is 3.22. The summed E-state index contributed by atoms with van der Waals surface area (Å²) >= 11 is 1.29. The SMILES string of the molecule is C#CCN(CC1CC1)C(=O)c1sc2ccc(F)cc2c1N. The van der Waals surface area contributed by atoms with E-state index in [1.54, 1.807) is 11.0 Å². The minimum atomic E-state index is -0.357. The lowest BCUT2D eigenvalue weighted by atomic mass is 10.2. The van der Waals surface area contributed by atoms with Gasteiger partial charge in [-0.25, -0.2) is 4.39 Å². The summed E-state index contributed by atoms with van der Waals surface area (Å²) < 4.78 is 14.1.